The van der Waals surface area contributed by atoms with E-state index in [1.54, 1.807) is 24.3 Å². The van der Waals surface area contributed by atoms with Gasteiger partial charge in [0.25, 0.3) is 11.8 Å². The molecular formula is C18H16ClFN2O3. The maximum absolute atomic E-state index is 13.1. The van der Waals surface area contributed by atoms with E-state index in [0.717, 1.165) is 12.8 Å². The first-order valence-electron chi connectivity index (χ1n) is 7.80. The summed E-state index contributed by atoms with van der Waals surface area (Å²) < 4.78 is 18.5. The van der Waals surface area contributed by atoms with Gasteiger partial charge in [0.2, 0.25) is 0 Å². The van der Waals surface area contributed by atoms with Gasteiger partial charge in [-0.05, 0) is 49.2 Å². The molecule has 0 saturated heterocycles. The van der Waals surface area contributed by atoms with Crippen LogP contribution in [0.2, 0.25) is 5.02 Å². The zero-order valence-electron chi connectivity index (χ0n) is 13.2. The summed E-state index contributed by atoms with van der Waals surface area (Å²) in [7, 11) is 0. The molecule has 0 radical (unpaired) electrons. The van der Waals surface area contributed by atoms with Crippen LogP contribution in [0.3, 0.4) is 0 Å². The molecule has 0 atom stereocenters. The lowest BCUT2D eigenvalue weighted by molar-refractivity contribution is -0.118. The number of halogens is 2. The number of nitrogens with one attached hydrogen (secondary N) is 2. The van der Waals surface area contributed by atoms with Gasteiger partial charge >= 0.3 is 0 Å². The lowest BCUT2D eigenvalue weighted by Gasteiger charge is -2.09. The van der Waals surface area contributed by atoms with Crippen LogP contribution in [0.15, 0.2) is 42.5 Å². The summed E-state index contributed by atoms with van der Waals surface area (Å²) in [5.74, 6) is -0.721. The van der Waals surface area contributed by atoms with Crippen molar-refractivity contribution in [2.45, 2.75) is 18.9 Å². The topological polar surface area (TPSA) is 67.4 Å². The van der Waals surface area contributed by atoms with Gasteiger partial charge in [0.1, 0.15) is 11.6 Å². The number of hydrogen-bond donors (Lipinski definition) is 2. The first kappa shape index (κ1) is 17.2. The molecule has 5 nitrogen and oxygen atoms in total. The molecule has 1 aliphatic carbocycles. The zero-order chi connectivity index (χ0) is 17.8. The van der Waals surface area contributed by atoms with Crippen LogP contribution < -0.4 is 15.4 Å². The molecular weight excluding hydrogens is 347 g/mol. The van der Waals surface area contributed by atoms with E-state index in [1.165, 1.54) is 18.2 Å². The van der Waals surface area contributed by atoms with E-state index >= 15 is 0 Å². The van der Waals surface area contributed by atoms with E-state index < -0.39 is 11.7 Å². The summed E-state index contributed by atoms with van der Waals surface area (Å²) in [4.78, 5) is 23.9. The van der Waals surface area contributed by atoms with Crippen molar-refractivity contribution in [1.82, 2.24) is 5.32 Å². The highest BCUT2D eigenvalue weighted by Crippen LogP contribution is 2.21. The standard InChI is InChI=1S/C18H16ClFN2O3/c19-15-9-13(6-7-16(15)20)21-17(23)10-25-14-3-1-2-11(8-14)18(24)22-12-4-5-12/h1-3,6-9,12H,4-5,10H2,(H,21,23)(H,22,24). The van der Waals surface area contributed by atoms with Crippen molar-refractivity contribution >= 4 is 29.1 Å². The van der Waals surface area contributed by atoms with E-state index in [1.807, 2.05) is 0 Å². The molecule has 3 rings (SSSR count). The molecule has 7 heteroatoms. The average Bonchev–Trinajstić information content (AvgIpc) is 3.40. The molecule has 0 bridgehead atoms. The lowest BCUT2D eigenvalue weighted by atomic mass is 10.2. The van der Waals surface area contributed by atoms with Gasteiger partial charge in [0.05, 0.1) is 5.02 Å². The van der Waals surface area contributed by atoms with Crippen LogP contribution in [-0.4, -0.2) is 24.5 Å². The maximum Gasteiger partial charge on any atom is 0.262 e. The van der Waals surface area contributed by atoms with Crippen molar-refractivity contribution in [2.24, 2.45) is 0 Å². The predicted octanol–water partition coefficient (Wildman–Crippen LogP) is 3.39. The molecule has 1 fully saturated rings. The Morgan fingerprint density at radius 3 is 2.72 bits per heavy atom. The number of benzene rings is 2. The van der Waals surface area contributed by atoms with Crippen LogP contribution in [-0.2, 0) is 4.79 Å². The first-order valence-corrected chi connectivity index (χ1v) is 8.18. The Morgan fingerprint density at radius 2 is 2.00 bits per heavy atom. The maximum atomic E-state index is 13.1. The second-order valence-electron chi connectivity index (χ2n) is 5.74. The molecule has 130 valence electrons. The Labute approximate surface area is 149 Å². The van der Waals surface area contributed by atoms with E-state index in [-0.39, 0.29) is 23.6 Å². The summed E-state index contributed by atoms with van der Waals surface area (Å²) in [6, 6.07) is 10.8. The van der Waals surface area contributed by atoms with Crippen molar-refractivity contribution in [2.75, 3.05) is 11.9 Å². The van der Waals surface area contributed by atoms with Crippen LogP contribution in [0.1, 0.15) is 23.2 Å². The highest BCUT2D eigenvalue weighted by atomic mass is 35.5. The summed E-state index contributed by atoms with van der Waals surface area (Å²) in [5, 5.41) is 5.37. The molecule has 0 unspecified atom stereocenters. The summed E-state index contributed by atoms with van der Waals surface area (Å²) in [5.41, 5.74) is 0.854. The minimum atomic E-state index is -0.558. The van der Waals surface area contributed by atoms with Crippen molar-refractivity contribution in [1.29, 1.82) is 0 Å². The SMILES string of the molecule is O=C(COc1cccc(C(=O)NC2CC2)c1)Nc1ccc(F)c(Cl)c1. The van der Waals surface area contributed by atoms with E-state index in [9.17, 15) is 14.0 Å². The predicted molar refractivity (Wildman–Crippen MR) is 92.5 cm³/mol. The Morgan fingerprint density at radius 1 is 1.20 bits per heavy atom. The fourth-order valence-corrected chi connectivity index (χ4v) is 2.32. The number of ether oxygens (including phenoxy) is 1. The van der Waals surface area contributed by atoms with Crippen LogP contribution in [0.25, 0.3) is 0 Å². The van der Waals surface area contributed by atoms with Crippen molar-refractivity contribution in [3.05, 3.63) is 58.9 Å². The quantitative estimate of drug-likeness (QED) is 0.827. The molecule has 0 spiro atoms. The van der Waals surface area contributed by atoms with Gasteiger partial charge in [-0.25, -0.2) is 4.39 Å². The van der Waals surface area contributed by atoms with E-state index in [2.05, 4.69) is 10.6 Å². The fraction of sp³-hybridized carbons (Fsp3) is 0.222. The van der Waals surface area contributed by atoms with Gasteiger partial charge in [-0.3, -0.25) is 9.59 Å². The zero-order valence-corrected chi connectivity index (χ0v) is 14.0. The third kappa shape index (κ3) is 4.93. The molecule has 1 aliphatic rings. The Bertz CT molecular complexity index is 809. The molecule has 25 heavy (non-hydrogen) atoms. The second kappa shape index (κ2) is 7.53. The fourth-order valence-electron chi connectivity index (χ4n) is 2.14. The third-order valence-corrected chi connectivity index (χ3v) is 3.87. The van der Waals surface area contributed by atoms with Gasteiger partial charge in [0.15, 0.2) is 6.61 Å². The van der Waals surface area contributed by atoms with E-state index in [0.29, 0.717) is 17.0 Å². The van der Waals surface area contributed by atoms with Crippen molar-refractivity contribution < 1.29 is 18.7 Å². The Balaban J connectivity index is 1.54. The van der Waals surface area contributed by atoms with Gasteiger partial charge in [-0.1, -0.05) is 17.7 Å². The molecule has 1 saturated carbocycles. The normalized spacial score (nSPS) is 13.2. The molecule has 2 amide bonds. The molecule has 0 aromatic heterocycles. The third-order valence-electron chi connectivity index (χ3n) is 3.58. The number of carbonyl (C=O) groups excluding carboxylic acids is 2. The van der Waals surface area contributed by atoms with Crippen molar-refractivity contribution in [3.8, 4) is 5.75 Å². The summed E-state index contributed by atoms with van der Waals surface area (Å²) in [6.07, 6.45) is 2.02. The smallest absolute Gasteiger partial charge is 0.262 e. The van der Waals surface area contributed by atoms with E-state index in [4.69, 9.17) is 16.3 Å². The Hall–Kier alpha value is -2.60. The lowest BCUT2D eigenvalue weighted by Crippen LogP contribution is -2.25. The summed E-state index contributed by atoms with van der Waals surface area (Å²) in [6.45, 7) is -0.247. The molecule has 0 aliphatic heterocycles. The second-order valence-corrected chi connectivity index (χ2v) is 6.15. The molecule has 2 aromatic carbocycles. The number of rotatable bonds is 6. The van der Waals surface area contributed by atoms with Crippen LogP contribution in [0.4, 0.5) is 10.1 Å². The minimum absolute atomic E-state index is 0.0758. The average molecular weight is 363 g/mol. The van der Waals surface area contributed by atoms with Gasteiger partial charge in [-0.2, -0.15) is 0 Å². The molecule has 0 heterocycles. The monoisotopic (exact) mass is 362 g/mol. The van der Waals surface area contributed by atoms with Crippen molar-refractivity contribution in [3.63, 3.8) is 0 Å². The molecule has 2 aromatic rings. The highest BCUT2D eigenvalue weighted by Gasteiger charge is 2.23. The van der Waals surface area contributed by atoms with Gasteiger partial charge in [0, 0.05) is 17.3 Å². The minimum Gasteiger partial charge on any atom is -0.484 e. The Kier molecular flexibility index (Phi) is 5.19. The van der Waals surface area contributed by atoms with Gasteiger partial charge < -0.3 is 15.4 Å². The van der Waals surface area contributed by atoms with Crippen LogP contribution >= 0.6 is 11.6 Å². The first-order chi connectivity index (χ1) is 12.0. The summed E-state index contributed by atoms with van der Waals surface area (Å²) >= 11 is 5.66. The van der Waals surface area contributed by atoms with Crippen LogP contribution in [0, 0.1) is 5.82 Å². The largest absolute Gasteiger partial charge is 0.484 e. The number of anilines is 1. The van der Waals surface area contributed by atoms with Crippen LogP contribution in [0.5, 0.6) is 5.75 Å². The highest BCUT2D eigenvalue weighted by molar-refractivity contribution is 6.31. The number of carbonyl (C=O) groups is 2. The number of hydrogen-bond acceptors (Lipinski definition) is 3. The number of amides is 2. The van der Waals surface area contributed by atoms with Gasteiger partial charge in [-0.15, -0.1) is 0 Å². The molecule has 2 N–H and O–H groups in total.